The van der Waals surface area contributed by atoms with Crippen LogP contribution < -0.4 is 5.32 Å². The number of hydrogen-bond acceptors (Lipinski definition) is 2. The third-order valence-corrected chi connectivity index (χ3v) is 4.25. The Bertz CT molecular complexity index is 635. The van der Waals surface area contributed by atoms with E-state index in [1.54, 1.807) is 0 Å². The number of nitriles is 1. The molecule has 1 aromatic heterocycles. The van der Waals surface area contributed by atoms with Gasteiger partial charge in [-0.25, -0.2) is 0 Å². The van der Waals surface area contributed by atoms with Gasteiger partial charge in [0.05, 0.1) is 0 Å². The summed E-state index contributed by atoms with van der Waals surface area (Å²) in [6.07, 6.45) is 0. The lowest BCUT2D eigenvalue weighted by atomic mass is 10.1. The van der Waals surface area contributed by atoms with E-state index in [1.807, 2.05) is 24.6 Å². The fourth-order valence-electron chi connectivity index (χ4n) is 2.18. The minimum Gasteiger partial charge on any atom is -0.340 e. The molecule has 1 atom stereocenters. The Labute approximate surface area is 128 Å². The predicted octanol–water partition coefficient (Wildman–Crippen LogP) is 3.82. The van der Waals surface area contributed by atoms with Gasteiger partial charge in [0, 0.05) is 29.8 Å². The number of benzene rings is 1. The van der Waals surface area contributed by atoms with E-state index >= 15 is 0 Å². The van der Waals surface area contributed by atoms with Crippen molar-refractivity contribution in [1.29, 1.82) is 5.26 Å². The first-order valence-electron chi connectivity index (χ1n) is 6.57. The van der Waals surface area contributed by atoms with Crippen molar-refractivity contribution >= 4 is 15.9 Å². The molecular weight excluding hydrogens is 314 g/mol. The zero-order valence-corrected chi connectivity index (χ0v) is 13.5. The first-order chi connectivity index (χ1) is 9.52. The molecule has 0 radical (unpaired) electrons. The molecule has 0 aliphatic rings. The van der Waals surface area contributed by atoms with Crippen LogP contribution in [0.2, 0.25) is 0 Å². The topological polar surface area (TPSA) is 40.8 Å². The Morgan fingerprint density at radius 3 is 2.55 bits per heavy atom. The average Bonchev–Trinajstić information content (AvgIpc) is 2.73. The summed E-state index contributed by atoms with van der Waals surface area (Å²) in [5.41, 5.74) is 4.27. The molecule has 1 N–H and O–H groups in total. The highest BCUT2D eigenvalue weighted by molar-refractivity contribution is 9.10. The number of nitrogens with zero attached hydrogens (tertiary/aromatic N) is 2. The highest BCUT2D eigenvalue weighted by Gasteiger charge is 2.10. The van der Waals surface area contributed by atoms with Crippen molar-refractivity contribution < 1.29 is 0 Å². The monoisotopic (exact) mass is 331 g/mol. The molecular formula is C16H18BrN3. The number of aromatic nitrogens is 1. The highest BCUT2D eigenvalue weighted by Crippen LogP contribution is 2.18. The Kier molecular flexibility index (Phi) is 4.64. The second kappa shape index (κ2) is 6.25. The summed E-state index contributed by atoms with van der Waals surface area (Å²) in [5, 5.41) is 12.5. The fraction of sp³-hybridized carbons (Fsp3) is 0.312. The SMILES string of the molecule is Cc1c(CNC(C)c2ccc(Br)cc2)cc(C#N)n1C. The minimum atomic E-state index is 0.272. The summed E-state index contributed by atoms with van der Waals surface area (Å²) in [7, 11) is 1.93. The third-order valence-electron chi connectivity index (χ3n) is 3.72. The summed E-state index contributed by atoms with van der Waals surface area (Å²) >= 11 is 3.44. The van der Waals surface area contributed by atoms with Crippen LogP contribution in [0, 0.1) is 18.3 Å². The molecule has 0 saturated heterocycles. The van der Waals surface area contributed by atoms with Crippen LogP contribution in [0.5, 0.6) is 0 Å². The van der Waals surface area contributed by atoms with Gasteiger partial charge in [-0.3, -0.25) is 0 Å². The standard InChI is InChI=1S/C16H18BrN3/c1-11(13-4-6-15(17)7-5-13)19-10-14-8-16(9-18)20(3)12(14)2/h4-8,11,19H,10H2,1-3H3. The van der Waals surface area contributed by atoms with E-state index in [4.69, 9.17) is 5.26 Å². The van der Waals surface area contributed by atoms with Crippen molar-refractivity contribution in [3.8, 4) is 6.07 Å². The van der Waals surface area contributed by atoms with E-state index in [1.165, 1.54) is 11.1 Å². The molecule has 1 heterocycles. The second-order valence-corrected chi connectivity index (χ2v) is 5.88. The lowest BCUT2D eigenvalue weighted by Gasteiger charge is -2.14. The van der Waals surface area contributed by atoms with Crippen LogP contribution in [0.15, 0.2) is 34.8 Å². The van der Waals surface area contributed by atoms with Crippen molar-refractivity contribution in [3.05, 3.63) is 57.3 Å². The van der Waals surface area contributed by atoms with Gasteiger partial charge in [0.15, 0.2) is 0 Å². The molecule has 1 aromatic carbocycles. The van der Waals surface area contributed by atoms with Gasteiger partial charge in [-0.05, 0) is 43.2 Å². The lowest BCUT2D eigenvalue weighted by molar-refractivity contribution is 0.572. The molecule has 0 amide bonds. The van der Waals surface area contributed by atoms with Gasteiger partial charge in [0.1, 0.15) is 11.8 Å². The molecule has 4 heteroatoms. The molecule has 2 aromatic rings. The van der Waals surface area contributed by atoms with E-state index in [0.29, 0.717) is 5.69 Å². The molecule has 0 fully saturated rings. The quantitative estimate of drug-likeness (QED) is 0.925. The Morgan fingerprint density at radius 2 is 2.00 bits per heavy atom. The normalized spacial score (nSPS) is 12.2. The molecule has 0 spiro atoms. The third kappa shape index (κ3) is 3.12. The van der Waals surface area contributed by atoms with Crippen molar-refractivity contribution in [1.82, 2.24) is 9.88 Å². The summed E-state index contributed by atoms with van der Waals surface area (Å²) in [5.74, 6) is 0. The van der Waals surface area contributed by atoms with E-state index in [-0.39, 0.29) is 6.04 Å². The first kappa shape index (κ1) is 14.8. The van der Waals surface area contributed by atoms with Gasteiger partial charge < -0.3 is 9.88 Å². The van der Waals surface area contributed by atoms with E-state index in [0.717, 1.165) is 16.7 Å². The number of nitrogens with one attached hydrogen (secondary N) is 1. The minimum absolute atomic E-state index is 0.272. The molecule has 104 valence electrons. The van der Waals surface area contributed by atoms with Crippen LogP contribution in [-0.4, -0.2) is 4.57 Å². The first-order valence-corrected chi connectivity index (χ1v) is 7.36. The largest absolute Gasteiger partial charge is 0.340 e. The van der Waals surface area contributed by atoms with Gasteiger partial charge in [-0.1, -0.05) is 28.1 Å². The molecule has 2 rings (SSSR count). The molecule has 3 nitrogen and oxygen atoms in total. The Hall–Kier alpha value is -1.57. The summed E-state index contributed by atoms with van der Waals surface area (Å²) < 4.78 is 3.02. The molecule has 20 heavy (non-hydrogen) atoms. The van der Waals surface area contributed by atoms with Gasteiger partial charge in [0.2, 0.25) is 0 Å². The second-order valence-electron chi connectivity index (χ2n) is 4.97. The van der Waals surface area contributed by atoms with E-state index < -0.39 is 0 Å². The van der Waals surface area contributed by atoms with Crippen molar-refractivity contribution in [2.24, 2.45) is 7.05 Å². The van der Waals surface area contributed by atoms with Gasteiger partial charge in [-0.15, -0.1) is 0 Å². The zero-order chi connectivity index (χ0) is 14.7. The predicted molar refractivity (Wildman–Crippen MR) is 84.3 cm³/mol. The zero-order valence-electron chi connectivity index (χ0n) is 11.9. The fourth-order valence-corrected chi connectivity index (χ4v) is 2.45. The molecule has 0 bridgehead atoms. The van der Waals surface area contributed by atoms with E-state index in [9.17, 15) is 0 Å². The maximum Gasteiger partial charge on any atom is 0.120 e. The number of halogens is 1. The summed E-state index contributed by atoms with van der Waals surface area (Å²) in [6.45, 7) is 4.95. The molecule has 0 aliphatic carbocycles. The molecule has 0 aliphatic heterocycles. The van der Waals surface area contributed by atoms with Gasteiger partial charge in [0.25, 0.3) is 0 Å². The van der Waals surface area contributed by atoms with E-state index in [2.05, 4.69) is 58.5 Å². The Balaban J connectivity index is 2.05. The highest BCUT2D eigenvalue weighted by atomic mass is 79.9. The van der Waals surface area contributed by atoms with Crippen LogP contribution in [-0.2, 0) is 13.6 Å². The van der Waals surface area contributed by atoms with Crippen LogP contribution in [0.3, 0.4) is 0 Å². The van der Waals surface area contributed by atoms with Gasteiger partial charge >= 0.3 is 0 Å². The summed E-state index contributed by atoms with van der Waals surface area (Å²) in [6, 6.07) is 12.8. The van der Waals surface area contributed by atoms with Crippen LogP contribution in [0.4, 0.5) is 0 Å². The van der Waals surface area contributed by atoms with Crippen molar-refractivity contribution in [2.45, 2.75) is 26.4 Å². The number of hydrogen-bond donors (Lipinski definition) is 1. The van der Waals surface area contributed by atoms with Crippen LogP contribution >= 0.6 is 15.9 Å². The maximum absolute atomic E-state index is 9.04. The van der Waals surface area contributed by atoms with Crippen LogP contribution in [0.1, 0.15) is 35.5 Å². The smallest absolute Gasteiger partial charge is 0.120 e. The molecule has 1 unspecified atom stereocenters. The Morgan fingerprint density at radius 1 is 1.35 bits per heavy atom. The van der Waals surface area contributed by atoms with Gasteiger partial charge in [-0.2, -0.15) is 5.26 Å². The average molecular weight is 332 g/mol. The van der Waals surface area contributed by atoms with Crippen LogP contribution in [0.25, 0.3) is 0 Å². The lowest BCUT2D eigenvalue weighted by Crippen LogP contribution is -2.18. The molecule has 0 saturated carbocycles. The maximum atomic E-state index is 9.04. The van der Waals surface area contributed by atoms with Crippen molar-refractivity contribution in [2.75, 3.05) is 0 Å². The van der Waals surface area contributed by atoms with Crippen molar-refractivity contribution in [3.63, 3.8) is 0 Å². The number of rotatable bonds is 4. The summed E-state index contributed by atoms with van der Waals surface area (Å²) in [4.78, 5) is 0.